The second kappa shape index (κ2) is 6.43. The Balaban J connectivity index is 1.73. The predicted octanol–water partition coefficient (Wildman–Crippen LogP) is 2.44. The monoisotopic (exact) mass is 304 g/mol. The van der Waals surface area contributed by atoms with Gasteiger partial charge in [0.2, 0.25) is 0 Å². The number of hydrogen-bond acceptors (Lipinski definition) is 6. The number of anilines is 1. The molecule has 0 amide bonds. The van der Waals surface area contributed by atoms with E-state index in [9.17, 15) is 0 Å². The molecule has 1 aliphatic heterocycles. The van der Waals surface area contributed by atoms with Crippen LogP contribution >= 0.6 is 11.8 Å². The van der Waals surface area contributed by atoms with Crippen LogP contribution < -0.4 is 5.32 Å². The number of nitrogens with zero attached hydrogens (tertiary/aromatic N) is 5. The Kier molecular flexibility index (Phi) is 4.38. The first-order chi connectivity index (χ1) is 10.3. The molecule has 0 fully saturated rings. The summed E-state index contributed by atoms with van der Waals surface area (Å²) in [7, 11) is 1.87. The van der Waals surface area contributed by atoms with Gasteiger partial charge in [-0.1, -0.05) is 18.2 Å². The minimum atomic E-state index is 0.717. The average Bonchev–Trinajstić information content (AvgIpc) is 2.71. The van der Waals surface area contributed by atoms with Crippen LogP contribution in [0.1, 0.15) is 36.6 Å². The normalized spacial score (nSPS) is 14.6. The van der Waals surface area contributed by atoms with Crippen molar-refractivity contribution in [2.45, 2.75) is 50.1 Å². The van der Waals surface area contributed by atoms with Gasteiger partial charge in [-0.2, -0.15) is 0 Å². The fraction of sp³-hybridized carbons (Fsp3) is 0.571. The third kappa shape index (κ3) is 3.34. The van der Waals surface area contributed by atoms with Crippen molar-refractivity contribution in [2.75, 3.05) is 12.4 Å². The fourth-order valence-corrected chi connectivity index (χ4v) is 3.36. The highest BCUT2D eigenvalue weighted by atomic mass is 32.2. The van der Waals surface area contributed by atoms with E-state index < -0.39 is 0 Å². The molecule has 0 spiro atoms. The predicted molar refractivity (Wildman–Crippen MR) is 83.5 cm³/mol. The molecule has 7 heteroatoms. The van der Waals surface area contributed by atoms with Gasteiger partial charge in [0.05, 0.1) is 5.75 Å². The van der Waals surface area contributed by atoms with Crippen LogP contribution in [0.2, 0.25) is 0 Å². The molecule has 1 aliphatic rings. The summed E-state index contributed by atoms with van der Waals surface area (Å²) in [6, 6.07) is 1.94. The van der Waals surface area contributed by atoms with E-state index in [-0.39, 0.29) is 0 Å². The summed E-state index contributed by atoms with van der Waals surface area (Å²) < 4.78 is 2.26. The lowest BCUT2D eigenvalue weighted by molar-refractivity contribution is 0.591. The maximum atomic E-state index is 4.48. The number of fused-ring (bicyclic) bond motifs is 1. The second-order valence-corrected chi connectivity index (χ2v) is 6.15. The van der Waals surface area contributed by atoms with E-state index in [0.717, 1.165) is 41.3 Å². The molecular formula is C14H20N6S. The van der Waals surface area contributed by atoms with Crippen LogP contribution in [0.5, 0.6) is 0 Å². The summed E-state index contributed by atoms with van der Waals surface area (Å²) in [6.45, 7) is 3.01. The van der Waals surface area contributed by atoms with E-state index in [2.05, 4.69) is 30.0 Å². The maximum absolute atomic E-state index is 4.48. The van der Waals surface area contributed by atoms with Crippen LogP contribution in [0.15, 0.2) is 11.2 Å². The molecule has 0 atom stereocenters. The molecule has 2 aromatic heterocycles. The van der Waals surface area contributed by atoms with E-state index in [0.29, 0.717) is 5.75 Å². The van der Waals surface area contributed by atoms with Crippen LogP contribution in [0, 0.1) is 6.92 Å². The number of aromatic nitrogens is 5. The summed E-state index contributed by atoms with van der Waals surface area (Å²) in [4.78, 5) is 8.96. The number of thioether (sulfide) groups is 1. The van der Waals surface area contributed by atoms with Gasteiger partial charge in [-0.15, -0.1) is 10.2 Å². The topological polar surface area (TPSA) is 68.5 Å². The van der Waals surface area contributed by atoms with Crippen molar-refractivity contribution in [1.29, 1.82) is 0 Å². The van der Waals surface area contributed by atoms with Gasteiger partial charge in [0.15, 0.2) is 5.16 Å². The summed E-state index contributed by atoms with van der Waals surface area (Å²) >= 11 is 1.67. The van der Waals surface area contributed by atoms with Crippen molar-refractivity contribution in [3.63, 3.8) is 0 Å². The lowest BCUT2D eigenvalue weighted by atomic mass is 10.2. The van der Waals surface area contributed by atoms with E-state index in [4.69, 9.17) is 0 Å². The molecule has 0 bridgehead atoms. The number of rotatable bonds is 4. The van der Waals surface area contributed by atoms with Crippen LogP contribution in [0.4, 0.5) is 5.82 Å². The first-order valence-electron chi connectivity index (χ1n) is 7.33. The molecule has 0 saturated carbocycles. The zero-order chi connectivity index (χ0) is 14.7. The molecule has 0 saturated heterocycles. The van der Waals surface area contributed by atoms with Gasteiger partial charge in [-0.25, -0.2) is 9.97 Å². The van der Waals surface area contributed by atoms with Gasteiger partial charge < -0.3 is 9.88 Å². The molecule has 1 N–H and O–H groups in total. The largest absolute Gasteiger partial charge is 0.373 e. The second-order valence-electron chi connectivity index (χ2n) is 5.21. The highest BCUT2D eigenvalue weighted by molar-refractivity contribution is 7.98. The third-order valence-electron chi connectivity index (χ3n) is 3.56. The van der Waals surface area contributed by atoms with Gasteiger partial charge in [-0.05, 0) is 19.8 Å². The molecule has 2 aromatic rings. The third-order valence-corrected chi connectivity index (χ3v) is 4.53. The zero-order valence-corrected chi connectivity index (χ0v) is 13.3. The van der Waals surface area contributed by atoms with Crippen LogP contribution in [-0.2, 0) is 18.7 Å². The molecular weight excluding hydrogens is 284 g/mol. The first-order valence-corrected chi connectivity index (χ1v) is 8.32. The number of nitrogens with one attached hydrogen (secondary N) is 1. The fourth-order valence-electron chi connectivity index (χ4n) is 2.52. The molecule has 21 heavy (non-hydrogen) atoms. The van der Waals surface area contributed by atoms with Crippen molar-refractivity contribution in [3.8, 4) is 0 Å². The lowest BCUT2D eigenvalue weighted by Gasteiger charge is -2.07. The Labute approximate surface area is 128 Å². The Morgan fingerprint density at radius 2 is 2.14 bits per heavy atom. The zero-order valence-electron chi connectivity index (χ0n) is 12.5. The van der Waals surface area contributed by atoms with Crippen LogP contribution in [0.25, 0.3) is 0 Å². The SMILES string of the molecule is CNc1cc(C)nc(CSc2nnc3n2CCCCC3)n1. The molecule has 6 nitrogen and oxygen atoms in total. The van der Waals surface area contributed by atoms with Gasteiger partial charge >= 0.3 is 0 Å². The van der Waals surface area contributed by atoms with Crippen molar-refractivity contribution < 1.29 is 0 Å². The minimum Gasteiger partial charge on any atom is -0.373 e. The van der Waals surface area contributed by atoms with Gasteiger partial charge in [-0.3, -0.25) is 0 Å². The molecule has 0 aromatic carbocycles. The quantitative estimate of drug-likeness (QED) is 0.875. The maximum Gasteiger partial charge on any atom is 0.191 e. The Morgan fingerprint density at radius 1 is 1.24 bits per heavy atom. The Bertz CT molecular complexity index is 624. The number of aryl methyl sites for hydroxylation is 2. The highest BCUT2D eigenvalue weighted by Crippen LogP contribution is 2.24. The molecule has 0 aliphatic carbocycles. The molecule has 3 rings (SSSR count). The molecule has 0 unspecified atom stereocenters. The average molecular weight is 304 g/mol. The smallest absolute Gasteiger partial charge is 0.191 e. The van der Waals surface area contributed by atoms with E-state index in [1.807, 2.05) is 20.0 Å². The summed E-state index contributed by atoms with van der Waals surface area (Å²) in [5, 5.41) is 12.7. The summed E-state index contributed by atoms with van der Waals surface area (Å²) in [6.07, 6.45) is 4.75. The standard InChI is InChI=1S/C14H20N6S/c1-10-8-11(15-2)17-12(16-10)9-21-14-19-18-13-6-4-3-5-7-20(13)14/h8H,3-7,9H2,1-2H3,(H,15,16,17). The molecule has 3 heterocycles. The molecule has 112 valence electrons. The van der Waals surface area contributed by atoms with Crippen molar-refractivity contribution in [2.24, 2.45) is 0 Å². The summed E-state index contributed by atoms with van der Waals surface area (Å²) in [5.41, 5.74) is 0.977. The Morgan fingerprint density at radius 3 is 3.00 bits per heavy atom. The van der Waals surface area contributed by atoms with Crippen LogP contribution in [-0.4, -0.2) is 31.8 Å². The van der Waals surface area contributed by atoms with Crippen molar-refractivity contribution in [1.82, 2.24) is 24.7 Å². The first kappa shape index (κ1) is 14.3. The minimum absolute atomic E-state index is 0.717. The van der Waals surface area contributed by atoms with Crippen LogP contribution in [0.3, 0.4) is 0 Å². The van der Waals surface area contributed by atoms with Crippen molar-refractivity contribution >= 4 is 17.6 Å². The van der Waals surface area contributed by atoms with E-state index >= 15 is 0 Å². The number of hydrogen-bond donors (Lipinski definition) is 1. The van der Waals surface area contributed by atoms with E-state index in [1.165, 1.54) is 19.3 Å². The van der Waals surface area contributed by atoms with E-state index in [1.54, 1.807) is 11.8 Å². The summed E-state index contributed by atoms with van der Waals surface area (Å²) in [5.74, 6) is 3.53. The van der Waals surface area contributed by atoms with Gasteiger partial charge in [0, 0.05) is 31.8 Å². The van der Waals surface area contributed by atoms with Crippen molar-refractivity contribution in [3.05, 3.63) is 23.4 Å². The lowest BCUT2D eigenvalue weighted by Crippen LogP contribution is -2.04. The van der Waals surface area contributed by atoms with Gasteiger partial charge in [0.1, 0.15) is 17.5 Å². The Hall–Kier alpha value is -1.63. The highest BCUT2D eigenvalue weighted by Gasteiger charge is 2.15. The molecule has 0 radical (unpaired) electrons. The van der Waals surface area contributed by atoms with Gasteiger partial charge in [0.25, 0.3) is 0 Å².